The van der Waals surface area contributed by atoms with Crippen LogP contribution in [0.5, 0.6) is 0 Å². The summed E-state index contributed by atoms with van der Waals surface area (Å²) in [4.78, 5) is 13.3. The molecule has 7 heteroatoms. The molecule has 2 N–H and O–H groups in total. The van der Waals surface area contributed by atoms with Gasteiger partial charge in [0.1, 0.15) is 10.6 Å². The Kier molecular flexibility index (Phi) is 3.69. The molecule has 0 aromatic carbocycles. The van der Waals surface area contributed by atoms with Gasteiger partial charge in [-0.3, -0.25) is 0 Å². The zero-order valence-corrected chi connectivity index (χ0v) is 11.8. The standard InChI is InChI=1S/C12H18N2O4S/c1-8-4-3-5-9(2)14(8)19(17,18)10-6-11(12(15)16)13-7-10/h6-9,13H,3-5H2,1-2H3,(H,15,16). The van der Waals surface area contributed by atoms with Gasteiger partial charge in [0.05, 0.1) is 0 Å². The minimum atomic E-state index is -3.63. The molecule has 1 aliphatic heterocycles. The molecule has 0 radical (unpaired) electrons. The van der Waals surface area contributed by atoms with Crippen LogP contribution >= 0.6 is 0 Å². The number of carboxylic acids is 1. The van der Waals surface area contributed by atoms with Crippen LogP contribution in [0.3, 0.4) is 0 Å². The fourth-order valence-electron chi connectivity index (χ4n) is 2.64. The van der Waals surface area contributed by atoms with E-state index < -0.39 is 16.0 Å². The zero-order chi connectivity index (χ0) is 14.2. The molecular formula is C12H18N2O4S. The van der Waals surface area contributed by atoms with E-state index in [9.17, 15) is 13.2 Å². The number of aromatic amines is 1. The molecule has 0 amide bonds. The summed E-state index contributed by atoms with van der Waals surface area (Å²) in [5, 5.41) is 8.84. The maximum Gasteiger partial charge on any atom is 0.352 e. The van der Waals surface area contributed by atoms with Crippen LogP contribution in [0.4, 0.5) is 0 Å². The second kappa shape index (κ2) is 4.97. The van der Waals surface area contributed by atoms with Gasteiger partial charge in [-0.1, -0.05) is 6.42 Å². The van der Waals surface area contributed by atoms with Gasteiger partial charge in [-0.25, -0.2) is 13.2 Å². The summed E-state index contributed by atoms with van der Waals surface area (Å²) in [5.41, 5.74) is -0.115. The van der Waals surface area contributed by atoms with Crippen LogP contribution in [0.2, 0.25) is 0 Å². The number of H-pyrrole nitrogens is 1. The van der Waals surface area contributed by atoms with Crippen molar-refractivity contribution in [3.05, 3.63) is 18.0 Å². The summed E-state index contributed by atoms with van der Waals surface area (Å²) < 4.78 is 26.6. The lowest BCUT2D eigenvalue weighted by atomic mass is 10.0. The van der Waals surface area contributed by atoms with Crippen LogP contribution in [-0.4, -0.2) is 40.9 Å². The highest BCUT2D eigenvalue weighted by atomic mass is 32.2. The predicted molar refractivity (Wildman–Crippen MR) is 69.6 cm³/mol. The van der Waals surface area contributed by atoms with Gasteiger partial charge >= 0.3 is 5.97 Å². The van der Waals surface area contributed by atoms with E-state index in [-0.39, 0.29) is 22.7 Å². The maximum atomic E-state index is 12.6. The van der Waals surface area contributed by atoms with Crippen LogP contribution in [0, 0.1) is 0 Å². The summed E-state index contributed by atoms with van der Waals surface area (Å²) in [7, 11) is -3.63. The molecule has 1 aromatic heterocycles. The van der Waals surface area contributed by atoms with Crippen molar-refractivity contribution in [1.82, 2.24) is 9.29 Å². The summed E-state index contributed by atoms with van der Waals surface area (Å²) in [5.74, 6) is -1.17. The van der Waals surface area contributed by atoms with Crippen molar-refractivity contribution in [2.75, 3.05) is 0 Å². The van der Waals surface area contributed by atoms with Crippen molar-refractivity contribution in [2.45, 2.75) is 50.1 Å². The Morgan fingerprint density at radius 2 is 1.95 bits per heavy atom. The molecule has 1 aliphatic rings. The minimum Gasteiger partial charge on any atom is -0.477 e. The minimum absolute atomic E-state index is 0.0190. The highest BCUT2D eigenvalue weighted by Gasteiger charge is 2.36. The van der Waals surface area contributed by atoms with E-state index in [0.29, 0.717) is 0 Å². The third kappa shape index (κ3) is 2.52. The van der Waals surface area contributed by atoms with E-state index in [4.69, 9.17) is 5.11 Å². The van der Waals surface area contributed by atoms with Gasteiger partial charge in [-0.05, 0) is 32.8 Å². The number of nitrogens with zero attached hydrogens (tertiary/aromatic N) is 1. The highest BCUT2D eigenvalue weighted by molar-refractivity contribution is 7.89. The topological polar surface area (TPSA) is 90.5 Å². The van der Waals surface area contributed by atoms with Crippen LogP contribution in [0.1, 0.15) is 43.6 Å². The van der Waals surface area contributed by atoms with Gasteiger partial charge in [0.25, 0.3) is 0 Å². The Hall–Kier alpha value is -1.34. The average molecular weight is 286 g/mol. The normalized spacial score (nSPS) is 25.4. The van der Waals surface area contributed by atoms with E-state index in [1.807, 2.05) is 13.8 Å². The van der Waals surface area contributed by atoms with E-state index >= 15 is 0 Å². The van der Waals surface area contributed by atoms with E-state index in [0.717, 1.165) is 19.3 Å². The molecule has 2 atom stereocenters. The van der Waals surface area contributed by atoms with Gasteiger partial charge in [0, 0.05) is 18.3 Å². The third-order valence-electron chi connectivity index (χ3n) is 3.57. The molecule has 0 bridgehead atoms. The summed E-state index contributed by atoms with van der Waals surface area (Å²) >= 11 is 0. The Bertz CT molecular complexity index is 568. The molecule has 19 heavy (non-hydrogen) atoms. The number of hydrogen-bond donors (Lipinski definition) is 2. The smallest absolute Gasteiger partial charge is 0.352 e. The fourth-order valence-corrected chi connectivity index (χ4v) is 4.52. The van der Waals surface area contributed by atoms with Gasteiger partial charge in [0.2, 0.25) is 10.0 Å². The number of carboxylic acid groups (broad SMARTS) is 1. The molecular weight excluding hydrogens is 268 g/mol. The molecule has 0 aliphatic carbocycles. The summed E-state index contributed by atoms with van der Waals surface area (Å²) in [6.07, 6.45) is 3.92. The second-order valence-corrected chi connectivity index (χ2v) is 6.86. The highest BCUT2D eigenvalue weighted by Crippen LogP contribution is 2.29. The largest absolute Gasteiger partial charge is 0.477 e. The second-order valence-electron chi connectivity index (χ2n) is 5.02. The van der Waals surface area contributed by atoms with Crippen molar-refractivity contribution in [3.8, 4) is 0 Å². The van der Waals surface area contributed by atoms with Crippen LogP contribution < -0.4 is 0 Å². The number of carbonyl (C=O) groups is 1. The molecule has 6 nitrogen and oxygen atoms in total. The molecule has 2 rings (SSSR count). The maximum absolute atomic E-state index is 12.6. The van der Waals surface area contributed by atoms with Crippen molar-refractivity contribution < 1.29 is 18.3 Å². The quantitative estimate of drug-likeness (QED) is 0.884. The molecule has 0 saturated carbocycles. The number of aromatic carboxylic acids is 1. The first kappa shape index (κ1) is 14.1. The summed E-state index contributed by atoms with van der Waals surface area (Å²) in [6, 6.07) is 1.06. The zero-order valence-electron chi connectivity index (χ0n) is 11.0. The molecule has 2 unspecified atom stereocenters. The molecule has 0 spiro atoms. The first-order valence-corrected chi connectivity index (χ1v) is 7.73. The number of piperidine rings is 1. The molecule has 2 heterocycles. The first-order chi connectivity index (χ1) is 8.84. The monoisotopic (exact) mass is 286 g/mol. The number of rotatable bonds is 3. The Balaban J connectivity index is 2.37. The molecule has 1 saturated heterocycles. The lowest BCUT2D eigenvalue weighted by Crippen LogP contribution is -2.47. The van der Waals surface area contributed by atoms with E-state index in [1.54, 1.807) is 0 Å². The van der Waals surface area contributed by atoms with Gasteiger partial charge in [-0.2, -0.15) is 4.31 Å². The van der Waals surface area contributed by atoms with Crippen LogP contribution in [-0.2, 0) is 10.0 Å². The number of nitrogens with one attached hydrogen (secondary N) is 1. The van der Waals surface area contributed by atoms with Crippen molar-refractivity contribution >= 4 is 16.0 Å². The molecule has 1 aromatic rings. The average Bonchev–Trinajstić information content (AvgIpc) is 2.78. The lowest BCUT2D eigenvalue weighted by Gasteiger charge is -2.37. The van der Waals surface area contributed by atoms with Crippen LogP contribution in [0.15, 0.2) is 17.2 Å². The van der Waals surface area contributed by atoms with Crippen molar-refractivity contribution in [1.29, 1.82) is 0 Å². The Morgan fingerprint density at radius 3 is 2.42 bits per heavy atom. The fraction of sp³-hybridized carbons (Fsp3) is 0.583. The first-order valence-electron chi connectivity index (χ1n) is 6.29. The van der Waals surface area contributed by atoms with Crippen molar-refractivity contribution in [3.63, 3.8) is 0 Å². The summed E-state index contributed by atoms with van der Waals surface area (Å²) in [6.45, 7) is 3.77. The van der Waals surface area contributed by atoms with E-state index in [1.165, 1.54) is 16.6 Å². The molecule has 1 fully saturated rings. The predicted octanol–water partition coefficient (Wildman–Crippen LogP) is 1.66. The van der Waals surface area contributed by atoms with Crippen LogP contribution in [0.25, 0.3) is 0 Å². The number of hydrogen-bond acceptors (Lipinski definition) is 3. The van der Waals surface area contributed by atoms with E-state index in [2.05, 4.69) is 4.98 Å². The Morgan fingerprint density at radius 1 is 1.37 bits per heavy atom. The number of sulfonamides is 1. The molecule has 106 valence electrons. The lowest BCUT2D eigenvalue weighted by molar-refractivity contribution is 0.0691. The third-order valence-corrected chi connectivity index (χ3v) is 5.68. The van der Waals surface area contributed by atoms with Crippen molar-refractivity contribution in [2.24, 2.45) is 0 Å². The van der Waals surface area contributed by atoms with Gasteiger partial charge < -0.3 is 10.1 Å². The number of aromatic nitrogens is 1. The SMILES string of the molecule is CC1CCCC(C)N1S(=O)(=O)c1c[nH]c(C(=O)O)c1. The van der Waals surface area contributed by atoms with Gasteiger partial charge in [0.15, 0.2) is 0 Å². The van der Waals surface area contributed by atoms with Gasteiger partial charge in [-0.15, -0.1) is 0 Å². The Labute approximate surface area is 112 Å².